The number of nitriles is 1. The third-order valence-corrected chi connectivity index (χ3v) is 5.79. The molecule has 0 aromatic heterocycles. The molecule has 0 radical (unpaired) electrons. The zero-order chi connectivity index (χ0) is 14.7. The minimum absolute atomic E-state index is 0.0488. The average Bonchev–Trinajstić information content (AvgIpc) is 2.96. The minimum atomic E-state index is -0.569. The van der Waals surface area contributed by atoms with Crippen molar-refractivity contribution in [2.75, 3.05) is 19.6 Å². The summed E-state index contributed by atoms with van der Waals surface area (Å²) in [6.45, 7) is 2.61. The lowest BCUT2D eigenvalue weighted by Gasteiger charge is -2.41. The first-order valence-corrected chi connectivity index (χ1v) is 8.65. The summed E-state index contributed by atoms with van der Waals surface area (Å²) in [4.78, 5) is 14.6. The average molecular weight is 289 g/mol. The van der Waals surface area contributed by atoms with Crippen molar-refractivity contribution in [2.24, 2.45) is 11.8 Å². The Labute approximate surface area is 127 Å². The number of hydrogen-bond acceptors (Lipinski definition) is 3. The number of likely N-dealkylation sites (tertiary alicyclic amines) is 1. The van der Waals surface area contributed by atoms with Crippen molar-refractivity contribution in [3.8, 4) is 6.07 Å². The molecule has 0 bridgehead atoms. The Morgan fingerprint density at radius 1 is 1.14 bits per heavy atom. The van der Waals surface area contributed by atoms with Gasteiger partial charge in [-0.25, -0.2) is 0 Å². The van der Waals surface area contributed by atoms with Gasteiger partial charge in [0.05, 0.1) is 12.6 Å². The number of nitrogens with one attached hydrogen (secondary N) is 1. The van der Waals surface area contributed by atoms with Crippen LogP contribution in [0.15, 0.2) is 0 Å². The predicted octanol–water partition coefficient (Wildman–Crippen LogP) is 2.45. The molecule has 1 N–H and O–H groups in total. The molecule has 4 nitrogen and oxygen atoms in total. The third-order valence-electron chi connectivity index (χ3n) is 5.79. The summed E-state index contributed by atoms with van der Waals surface area (Å²) in [6.07, 6.45) is 10.5. The second kappa shape index (κ2) is 6.36. The number of rotatable bonds is 3. The van der Waals surface area contributed by atoms with E-state index in [9.17, 15) is 10.1 Å². The van der Waals surface area contributed by atoms with Gasteiger partial charge in [-0.2, -0.15) is 5.26 Å². The van der Waals surface area contributed by atoms with Gasteiger partial charge in [0.2, 0.25) is 5.91 Å². The molecule has 2 atom stereocenters. The molecule has 1 saturated heterocycles. The Morgan fingerprint density at radius 2 is 1.86 bits per heavy atom. The number of amides is 1. The summed E-state index contributed by atoms with van der Waals surface area (Å²) >= 11 is 0. The highest BCUT2D eigenvalue weighted by molar-refractivity contribution is 5.79. The first-order valence-electron chi connectivity index (χ1n) is 8.65. The first-order chi connectivity index (χ1) is 10.2. The monoisotopic (exact) mass is 289 g/mol. The lowest BCUT2D eigenvalue weighted by molar-refractivity contribution is -0.124. The smallest absolute Gasteiger partial charge is 0.235 e. The highest BCUT2D eigenvalue weighted by Crippen LogP contribution is 2.36. The standard InChI is InChI=1S/C17H27N3O/c18-13-17(8-3-4-9-17)19-16(21)12-20-10-7-14-5-1-2-6-15(14)11-20/h14-15H,1-12H2,(H,19,21). The zero-order valence-corrected chi connectivity index (χ0v) is 12.9. The fourth-order valence-corrected chi connectivity index (χ4v) is 4.57. The van der Waals surface area contributed by atoms with Crippen molar-refractivity contribution in [1.29, 1.82) is 5.26 Å². The molecule has 3 fully saturated rings. The molecule has 1 amide bonds. The van der Waals surface area contributed by atoms with E-state index < -0.39 is 5.54 Å². The van der Waals surface area contributed by atoms with Gasteiger partial charge in [0.1, 0.15) is 5.54 Å². The fourth-order valence-electron chi connectivity index (χ4n) is 4.57. The number of piperidine rings is 1. The number of carbonyl (C=O) groups excluding carboxylic acids is 1. The van der Waals surface area contributed by atoms with Crippen LogP contribution < -0.4 is 5.32 Å². The maximum Gasteiger partial charge on any atom is 0.235 e. The van der Waals surface area contributed by atoms with Crippen LogP contribution in [0.3, 0.4) is 0 Å². The number of carbonyl (C=O) groups is 1. The second-order valence-corrected chi connectivity index (χ2v) is 7.28. The summed E-state index contributed by atoms with van der Waals surface area (Å²) in [5, 5.41) is 12.4. The Bertz CT molecular complexity index is 422. The fraction of sp³-hybridized carbons (Fsp3) is 0.882. The number of nitrogens with zero attached hydrogens (tertiary/aromatic N) is 2. The molecule has 0 spiro atoms. The van der Waals surface area contributed by atoms with E-state index in [1.807, 2.05) is 0 Å². The van der Waals surface area contributed by atoms with Crippen LogP contribution in [-0.2, 0) is 4.79 Å². The van der Waals surface area contributed by atoms with Crippen LogP contribution in [0.4, 0.5) is 0 Å². The molecule has 2 aliphatic carbocycles. The van der Waals surface area contributed by atoms with Crippen molar-refractivity contribution in [3.63, 3.8) is 0 Å². The summed E-state index contributed by atoms with van der Waals surface area (Å²) < 4.78 is 0. The van der Waals surface area contributed by atoms with Gasteiger partial charge in [-0.1, -0.05) is 19.3 Å². The van der Waals surface area contributed by atoms with E-state index in [-0.39, 0.29) is 5.91 Å². The highest BCUT2D eigenvalue weighted by atomic mass is 16.2. The van der Waals surface area contributed by atoms with E-state index in [0.717, 1.165) is 50.6 Å². The van der Waals surface area contributed by atoms with Crippen molar-refractivity contribution < 1.29 is 4.79 Å². The Balaban J connectivity index is 1.50. The maximum atomic E-state index is 12.3. The largest absolute Gasteiger partial charge is 0.337 e. The predicted molar refractivity (Wildman–Crippen MR) is 81.5 cm³/mol. The highest BCUT2D eigenvalue weighted by Gasteiger charge is 2.36. The zero-order valence-electron chi connectivity index (χ0n) is 12.9. The van der Waals surface area contributed by atoms with Gasteiger partial charge >= 0.3 is 0 Å². The van der Waals surface area contributed by atoms with Gasteiger partial charge < -0.3 is 5.32 Å². The van der Waals surface area contributed by atoms with Crippen LogP contribution in [0.25, 0.3) is 0 Å². The van der Waals surface area contributed by atoms with Crippen LogP contribution in [0.5, 0.6) is 0 Å². The van der Waals surface area contributed by atoms with E-state index in [0.29, 0.717) is 6.54 Å². The molecule has 4 heteroatoms. The molecular formula is C17H27N3O. The molecule has 0 aromatic rings. The van der Waals surface area contributed by atoms with Crippen molar-refractivity contribution in [1.82, 2.24) is 10.2 Å². The van der Waals surface area contributed by atoms with E-state index >= 15 is 0 Å². The molecule has 116 valence electrons. The summed E-state index contributed by atoms with van der Waals surface area (Å²) in [5.41, 5.74) is -0.569. The van der Waals surface area contributed by atoms with E-state index in [2.05, 4.69) is 16.3 Å². The Kier molecular flexibility index (Phi) is 4.49. The summed E-state index contributed by atoms with van der Waals surface area (Å²) in [6, 6.07) is 2.34. The minimum Gasteiger partial charge on any atom is -0.337 e. The van der Waals surface area contributed by atoms with Gasteiger partial charge in [-0.15, -0.1) is 0 Å². The lowest BCUT2D eigenvalue weighted by atomic mass is 9.75. The van der Waals surface area contributed by atoms with E-state index in [4.69, 9.17) is 0 Å². The van der Waals surface area contributed by atoms with E-state index in [1.165, 1.54) is 32.1 Å². The molecule has 1 heterocycles. The van der Waals surface area contributed by atoms with Crippen LogP contribution in [-0.4, -0.2) is 36.0 Å². The van der Waals surface area contributed by atoms with Crippen molar-refractivity contribution in [2.45, 2.75) is 63.3 Å². The second-order valence-electron chi connectivity index (χ2n) is 7.28. The lowest BCUT2D eigenvalue weighted by Crippen LogP contribution is -2.51. The van der Waals surface area contributed by atoms with E-state index in [1.54, 1.807) is 0 Å². The molecule has 3 aliphatic rings. The summed E-state index contributed by atoms with van der Waals surface area (Å²) in [5.74, 6) is 1.75. The maximum absolute atomic E-state index is 12.3. The van der Waals surface area contributed by atoms with Gasteiger partial charge in [0, 0.05) is 6.54 Å². The third kappa shape index (κ3) is 3.40. The van der Waals surface area contributed by atoms with Gasteiger partial charge in [-0.3, -0.25) is 9.69 Å². The van der Waals surface area contributed by atoms with Gasteiger partial charge in [0.15, 0.2) is 0 Å². The summed E-state index contributed by atoms with van der Waals surface area (Å²) in [7, 11) is 0. The molecular weight excluding hydrogens is 262 g/mol. The number of fused-ring (bicyclic) bond motifs is 1. The molecule has 1 aliphatic heterocycles. The first kappa shape index (κ1) is 14.8. The molecule has 2 saturated carbocycles. The van der Waals surface area contributed by atoms with Crippen LogP contribution in [0.2, 0.25) is 0 Å². The van der Waals surface area contributed by atoms with Crippen LogP contribution >= 0.6 is 0 Å². The van der Waals surface area contributed by atoms with Gasteiger partial charge in [-0.05, 0) is 56.9 Å². The Morgan fingerprint density at radius 3 is 2.57 bits per heavy atom. The van der Waals surface area contributed by atoms with Crippen molar-refractivity contribution >= 4 is 5.91 Å². The molecule has 0 aromatic carbocycles. The van der Waals surface area contributed by atoms with Crippen LogP contribution in [0.1, 0.15) is 57.8 Å². The van der Waals surface area contributed by atoms with Crippen molar-refractivity contribution in [3.05, 3.63) is 0 Å². The molecule has 3 rings (SSSR count). The number of hydrogen-bond donors (Lipinski definition) is 1. The SMILES string of the molecule is N#CC1(NC(=O)CN2CCC3CCCCC3C2)CCCC1. The molecule has 21 heavy (non-hydrogen) atoms. The molecule has 2 unspecified atom stereocenters. The topological polar surface area (TPSA) is 56.1 Å². The van der Waals surface area contributed by atoms with Gasteiger partial charge in [0.25, 0.3) is 0 Å². The Hall–Kier alpha value is -1.08. The quantitative estimate of drug-likeness (QED) is 0.868. The normalized spacial score (nSPS) is 32.1. The van der Waals surface area contributed by atoms with Crippen LogP contribution in [0, 0.1) is 23.2 Å².